The summed E-state index contributed by atoms with van der Waals surface area (Å²) in [6, 6.07) is 8.31. The molecular formula is C14H19NO+. The molecule has 16 heavy (non-hydrogen) atoms. The van der Waals surface area contributed by atoms with Crippen molar-refractivity contribution in [2.45, 2.75) is 39.0 Å². The molecule has 1 amide bonds. The van der Waals surface area contributed by atoms with E-state index in [0.29, 0.717) is 12.3 Å². The van der Waals surface area contributed by atoms with Crippen LogP contribution >= 0.6 is 0 Å². The van der Waals surface area contributed by atoms with Crippen molar-refractivity contribution in [2.75, 3.05) is 6.54 Å². The molecule has 0 saturated heterocycles. The van der Waals surface area contributed by atoms with Crippen LogP contribution in [-0.2, 0) is 11.2 Å². The molecule has 0 unspecified atom stereocenters. The van der Waals surface area contributed by atoms with Crippen LogP contribution in [0.1, 0.15) is 38.2 Å². The van der Waals surface area contributed by atoms with E-state index in [0.717, 1.165) is 37.9 Å². The maximum Gasteiger partial charge on any atom is 0.366 e. The van der Waals surface area contributed by atoms with E-state index in [1.54, 1.807) is 0 Å². The lowest BCUT2D eigenvalue weighted by Gasteiger charge is -2.08. The SMILES string of the molecule is CCCC[N+]1C(=O)CCCc2ccccc21. The molecule has 0 aliphatic carbocycles. The van der Waals surface area contributed by atoms with Crippen molar-refractivity contribution in [3.05, 3.63) is 29.8 Å². The van der Waals surface area contributed by atoms with Crippen molar-refractivity contribution >= 4 is 11.6 Å². The normalized spacial score (nSPS) is 16.9. The Morgan fingerprint density at radius 1 is 1.25 bits per heavy atom. The van der Waals surface area contributed by atoms with Gasteiger partial charge in [0.2, 0.25) is 0 Å². The van der Waals surface area contributed by atoms with Crippen molar-refractivity contribution in [1.29, 1.82) is 0 Å². The summed E-state index contributed by atoms with van der Waals surface area (Å²) in [5.41, 5.74) is 2.46. The maximum absolute atomic E-state index is 12.0. The Balaban J connectivity index is 2.28. The number of fused-ring (bicyclic) bond motifs is 1. The van der Waals surface area contributed by atoms with Gasteiger partial charge in [-0.25, -0.2) is 4.79 Å². The summed E-state index contributed by atoms with van der Waals surface area (Å²) in [5, 5.41) is 0. The monoisotopic (exact) mass is 217 g/mol. The smallest absolute Gasteiger partial charge is 0.225 e. The molecule has 0 spiro atoms. The van der Waals surface area contributed by atoms with E-state index in [-0.39, 0.29) is 0 Å². The lowest BCUT2D eigenvalue weighted by Crippen LogP contribution is -2.32. The highest BCUT2D eigenvalue weighted by Gasteiger charge is 2.32. The molecule has 1 aromatic carbocycles. The number of hydrogen-bond acceptors (Lipinski definition) is 1. The number of amides is 1. The van der Waals surface area contributed by atoms with E-state index < -0.39 is 0 Å². The van der Waals surface area contributed by atoms with Gasteiger partial charge < -0.3 is 0 Å². The van der Waals surface area contributed by atoms with Crippen molar-refractivity contribution in [1.82, 2.24) is 4.90 Å². The Hall–Kier alpha value is -1.15. The molecule has 0 bridgehead atoms. The van der Waals surface area contributed by atoms with Gasteiger partial charge in [0.25, 0.3) is 0 Å². The third-order valence-electron chi connectivity index (χ3n) is 3.16. The number of aryl methyl sites for hydroxylation is 1. The van der Waals surface area contributed by atoms with E-state index in [4.69, 9.17) is 0 Å². The number of para-hydroxylation sites is 1. The average Bonchev–Trinajstić information content (AvgIpc) is 2.46. The summed E-state index contributed by atoms with van der Waals surface area (Å²) in [7, 11) is 0. The van der Waals surface area contributed by atoms with Crippen LogP contribution in [0.4, 0.5) is 5.69 Å². The van der Waals surface area contributed by atoms with Gasteiger partial charge >= 0.3 is 5.91 Å². The summed E-state index contributed by atoms with van der Waals surface area (Å²) in [5.74, 6) is 0.290. The van der Waals surface area contributed by atoms with Gasteiger partial charge in [-0.1, -0.05) is 36.4 Å². The molecule has 2 rings (SSSR count). The first-order valence-electron chi connectivity index (χ1n) is 6.21. The van der Waals surface area contributed by atoms with Crippen molar-refractivity contribution in [3.8, 4) is 0 Å². The highest BCUT2D eigenvalue weighted by Crippen LogP contribution is 2.26. The molecule has 1 radical (unpaired) electrons. The minimum atomic E-state index is 0.290. The minimum Gasteiger partial charge on any atom is -0.225 e. The first-order valence-corrected chi connectivity index (χ1v) is 6.21. The topological polar surface area (TPSA) is 23.0 Å². The van der Waals surface area contributed by atoms with Crippen LogP contribution in [0.5, 0.6) is 0 Å². The number of hydrogen-bond donors (Lipinski definition) is 0. The zero-order chi connectivity index (χ0) is 11.4. The zero-order valence-electron chi connectivity index (χ0n) is 9.91. The predicted octanol–water partition coefficient (Wildman–Crippen LogP) is 3.12. The highest BCUT2D eigenvalue weighted by molar-refractivity contribution is 5.85. The standard InChI is InChI=1S/C14H19NO/c1-2-3-11-15-13-9-5-4-7-12(13)8-6-10-14(15)16/h4-5,7,9H,2-3,6,8,10-11H2,1H3/q+1. The van der Waals surface area contributed by atoms with E-state index in [1.165, 1.54) is 5.56 Å². The Labute approximate surface area is 97.3 Å². The summed E-state index contributed by atoms with van der Waals surface area (Å²) < 4.78 is 0. The molecule has 1 aromatic rings. The third-order valence-corrected chi connectivity index (χ3v) is 3.16. The van der Waals surface area contributed by atoms with Gasteiger partial charge in [0.1, 0.15) is 6.54 Å². The first kappa shape index (κ1) is 11.3. The van der Waals surface area contributed by atoms with Gasteiger partial charge in [0.15, 0.2) is 5.69 Å². The molecule has 2 heteroatoms. The van der Waals surface area contributed by atoms with Gasteiger partial charge in [-0.05, 0) is 12.8 Å². The fourth-order valence-corrected chi connectivity index (χ4v) is 2.25. The molecular weight excluding hydrogens is 198 g/mol. The quantitative estimate of drug-likeness (QED) is 0.713. The molecule has 1 aliphatic heterocycles. The maximum atomic E-state index is 12.0. The van der Waals surface area contributed by atoms with Crippen LogP contribution in [0.15, 0.2) is 24.3 Å². The second-order valence-electron chi connectivity index (χ2n) is 4.38. The molecule has 0 N–H and O–H groups in total. The number of unbranched alkanes of at least 4 members (excludes halogenated alkanes) is 1. The van der Waals surface area contributed by atoms with Crippen molar-refractivity contribution in [3.63, 3.8) is 0 Å². The van der Waals surface area contributed by atoms with Gasteiger partial charge in [-0.3, -0.25) is 0 Å². The molecule has 85 valence electrons. The number of anilines is 1. The third kappa shape index (κ3) is 2.33. The minimum absolute atomic E-state index is 0.290. The van der Waals surface area contributed by atoms with Crippen LogP contribution in [0.25, 0.3) is 0 Å². The van der Waals surface area contributed by atoms with E-state index in [9.17, 15) is 4.79 Å². The lowest BCUT2D eigenvalue weighted by atomic mass is 10.1. The Morgan fingerprint density at radius 3 is 2.88 bits per heavy atom. The number of benzene rings is 1. The van der Waals surface area contributed by atoms with Gasteiger partial charge in [-0.2, -0.15) is 0 Å². The molecule has 1 heterocycles. The zero-order valence-corrected chi connectivity index (χ0v) is 9.91. The highest BCUT2D eigenvalue weighted by atomic mass is 16.2. The Kier molecular flexibility index (Phi) is 3.73. The van der Waals surface area contributed by atoms with Crippen molar-refractivity contribution < 1.29 is 4.79 Å². The Bertz CT molecular complexity index is 373. The number of nitrogens with zero attached hydrogens (tertiary/aromatic N) is 1. The second-order valence-corrected chi connectivity index (χ2v) is 4.38. The second kappa shape index (κ2) is 5.26. The van der Waals surface area contributed by atoms with Gasteiger partial charge in [0.05, 0.1) is 6.42 Å². The predicted molar refractivity (Wildman–Crippen MR) is 66.0 cm³/mol. The number of carbonyl (C=O) groups is 1. The fourth-order valence-electron chi connectivity index (χ4n) is 2.25. The molecule has 1 aliphatic rings. The average molecular weight is 217 g/mol. The first-order chi connectivity index (χ1) is 7.83. The number of carbonyl (C=O) groups excluding carboxylic acids is 1. The fraction of sp³-hybridized carbons (Fsp3) is 0.500. The van der Waals surface area contributed by atoms with Crippen LogP contribution in [0, 0.1) is 0 Å². The van der Waals surface area contributed by atoms with Gasteiger partial charge in [-0.15, -0.1) is 0 Å². The summed E-state index contributed by atoms with van der Waals surface area (Å²) in [6.07, 6.45) is 4.92. The summed E-state index contributed by atoms with van der Waals surface area (Å²) >= 11 is 0. The van der Waals surface area contributed by atoms with Crippen LogP contribution in [0.2, 0.25) is 0 Å². The molecule has 0 fully saturated rings. The Morgan fingerprint density at radius 2 is 2.06 bits per heavy atom. The van der Waals surface area contributed by atoms with Gasteiger partial charge in [0, 0.05) is 18.1 Å². The number of rotatable bonds is 3. The molecule has 2 nitrogen and oxygen atoms in total. The molecule has 0 aromatic heterocycles. The van der Waals surface area contributed by atoms with Crippen LogP contribution in [0.3, 0.4) is 0 Å². The molecule has 0 saturated carbocycles. The molecule has 0 atom stereocenters. The summed E-state index contributed by atoms with van der Waals surface area (Å²) in [6.45, 7) is 3.03. The largest absolute Gasteiger partial charge is 0.366 e. The summed E-state index contributed by atoms with van der Waals surface area (Å²) in [4.78, 5) is 14.0. The van der Waals surface area contributed by atoms with E-state index in [2.05, 4.69) is 25.1 Å². The lowest BCUT2D eigenvalue weighted by molar-refractivity contribution is -0.123. The van der Waals surface area contributed by atoms with Crippen molar-refractivity contribution in [2.24, 2.45) is 0 Å². The van der Waals surface area contributed by atoms with Crippen LogP contribution < -0.4 is 4.90 Å². The van der Waals surface area contributed by atoms with Crippen LogP contribution in [-0.4, -0.2) is 12.5 Å². The van der Waals surface area contributed by atoms with E-state index >= 15 is 0 Å². The van der Waals surface area contributed by atoms with E-state index in [1.807, 2.05) is 11.0 Å².